The lowest BCUT2D eigenvalue weighted by atomic mass is 10.0. The zero-order valence-corrected chi connectivity index (χ0v) is 13.6. The number of anilines is 1. The van der Waals surface area contributed by atoms with Gasteiger partial charge in [-0.15, -0.1) is 11.8 Å². The van der Waals surface area contributed by atoms with Crippen molar-refractivity contribution in [2.24, 2.45) is 16.7 Å². The van der Waals surface area contributed by atoms with Crippen LogP contribution in [0.3, 0.4) is 0 Å². The third-order valence-electron chi connectivity index (χ3n) is 5.28. The van der Waals surface area contributed by atoms with Crippen molar-refractivity contribution in [2.75, 3.05) is 18.1 Å². The highest BCUT2D eigenvalue weighted by molar-refractivity contribution is 7.98. The number of rotatable bonds is 5. The fourth-order valence-electron chi connectivity index (χ4n) is 3.12. The third-order valence-corrected chi connectivity index (χ3v) is 6.06. The van der Waals surface area contributed by atoms with E-state index in [1.165, 1.54) is 11.8 Å². The molecule has 0 amide bonds. The predicted molar refractivity (Wildman–Crippen MR) is 84.7 cm³/mol. The summed E-state index contributed by atoms with van der Waals surface area (Å²) >= 11 is 1.47. The van der Waals surface area contributed by atoms with Gasteiger partial charge in [-0.2, -0.15) is 0 Å². The van der Waals surface area contributed by atoms with Gasteiger partial charge in [0.25, 0.3) is 0 Å². The van der Waals surface area contributed by atoms with Crippen LogP contribution in [0.2, 0.25) is 0 Å². The van der Waals surface area contributed by atoms with Crippen molar-refractivity contribution in [1.82, 2.24) is 0 Å². The second kappa shape index (κ2) is 4.99. The average molecular weight is 293 g/mol. The molecule has 110 valence electrons. The van der Waals surface area contributed by atoms with Gasteiger partial charge in [-0.3, -0.25) is 0 Å². The van der Waals surface area contributed by atoms with Crippen molar-refractivity contribution < 1.29 is 9.90 Å². The van der Waals surface area contributed by atoms with E-state index in [1.54, 1.807) is 0 Å². The van der Waals surface area contributed by atoms with Gasteiger partial charge in [0.2, 0.25) is 0 Å². The first kappa shape index (κ1) is 15.2. The molecule has 0 unspecified atom stereocenters. The summed E-state index contributed by atoms with van der Waals surface area (Å²) < 4.78 is 0. The molecule has 2 N–H and O–H groups in total. The number of thioether (sulfide) groups is 1. The number of hydrogen-bond donors (Lipinski definition) is 2. The zero-order chi connectivity index (χ0) is 15.1. The van der Waals surface area contributed by atoms with Crippen molar-refractivity contribution in [3.8, 4) is 0 Å². The molecule has 4 heteroatoms. The summed E-state index contributed by atoms with van der Waals surface area (Å²) in [6.07, 6.45) is 1.90. The van der Waals surface area contributed by atoms with Crippen LogP contribution < -0.4 is 5.32 Å². The van der Waals surface area contributed by atoms with Crippen LogP contribution in [-0.4, -0.2) is 23.9 Å². The van der Waals surface area contributed by atoms with Crippen LogP contribution in [0.1, 0.15) is 38.1 Å². The standard InChI is InChI=1S/C16H23NO2S/c1-15(2)12(16(15,3)4)9-17-10-7-6-8-11(20-5)13(10)14(18)19/h6-8,12,17H,9H2,1-5H3,(H,18,19). The highest BCUT2D eigenvalue weighted by Crippen LogP contribution is 2.68. The summed E-state index contributed by atoms with van der Waals surface area (Å²) in [5, 5.41) is 12.8. The van der Waals surface area contributed by atoms with Crippen LogP contribution in [0, 0.1) is 16.7 Å². The molecule has 20 heavy (non-hydrogen) atoms. The Kier molecular flexibility index (Phi) is 3.80. The van der Waals surface area contributed by atoms with Gasteiger partial charge in [0.15, 0.2) is 0 Å². The quantitative estimate of drug-likeness (QED) is 0.799. The van der Waals surface area contributed by atoms with Crippen molar-refractivity contribution in [3.05, 3.63) is 23.8 Å². The predicted octanol–water partition coefficient (Wildman–Crippen LogP) is 4.20. The molecule has 1 fully saturated rings. The maximum atomic E-state index is 11.5. The van der Waals surface area contributed by atoms with Gasteiger partial charge < -0.3 is 10.4 Å². The van der Waals surface area contributed by atoms with Crippen molar-refractivity contribution >= 4 is 23.4 Å². The van der Waals surface area contributed by atoms with E-state index in [2.05, 4.69) is 33.0 Å². The lowest BCUT2D eigenvalue weighted by Crippen LogP contribution is -2.12. The number of carbonyl (C=O) groups is 1. The van der Waals surface area contributed by atoms with E-state index in [4.69, 9.17) is 0 Å². The minimum absolute atomic E-state index is 0.306. The fourth-order valence-corrected chi connectivity index (χ4v) is 3.74. The maximum absolute atomic E-state index is 11.5. The molecule has 0 heterocycles. The van der Waals surface area contributed by atoms with Crippen LogP contribution in [0.15, 0.2) is 23.1 Å². The number of carboxylic acid groups (broad SMARTS) is 1. The van der Waals surface area contributed by atoms with Crippen LogP contribution in [-0.2, 0) is 0 Å². The molecule has 0 atom stereocenters. The summed E-state index contributed by atoms with van der Waals surface area (Å²) in [6, 6.07) is 5.61. The minimum atomic E-state index is -0.869. The molecule has 1 aromatic carbocycles. The SMILES string of the molecule is CSc1cccc(NCC2C(C)(C)C2(C)C)c1C(=O)O. The largest absolute Gasteiger partial charge is 0.478 e. The van der Waals surface area contributed by atoms with E-state index in [0.29, 0.717) is 22.3 Å². The molecule has 1 aliphatic carbocycles. The lowest BCUT2D eigenvalue weighted by Gasteiger charge is -2.13. The van der Waals surface area contributed by atoms with Gasteiger partial charge in [-0.1, -0.05) is 33.8 Å². The molecule has 0 saturated heterocycles. The van der Waals surface area contributed by atoms with Gasteiger partial charge in [0.05, 0.1) is 5.56 Å². The van der Waals surface area contributed by atoms with E-state index in [1.807, 2.05) is 24.5 Å². The summed E-state index contributed by atoms with van der Waals surface area (Å²) in [6.45, 7) is 9.91. The Morgan fingerprint density at radius 3 is 2.35 bits per heavy atom. The lowest BCUT2D eigenvalue weighted by molar-refractivity contribution is 0.0694. The van der Waals surface area contributed by atoms with Gasteiger partial charge in [-0.25, -0.2) is 4.79 Å². The number of aromatic carboxylic acids is 1. The molecule has 0 aliphatic heterocycles. The first-order valence-electron chi connectivity index (χ1n) is 6.87. The second-order valence-electron chi connectivity index (χ2n) is 6.56. The molecule has 0 radical (unpaired) electrons. The molecule has 0 aromatic heterocycles. The second-order valence-corrected chi connectivity index (χ2v) is 7.41. The Hall–Kier alpha value is -1.16. The summed E-state index contributed by atoms with van der Waals surface area (Å²) in [4.78, 5) is 12.3. The smallest absolute Gasteiger partial charge is 0.338 e. The molecule has 0 bridgehead atoms. The van der Waals surface area contributed by atoms with E-state index in [9.17, 15) is 9.90 Å². The zero-order valence-electron chi connectivity index (χ0n) is 12.8. The van der Waals surface area contributed by atoms with Gasteiger partial charge in [0, 0.05) is 17.1 Å². The molecule has 1 saturated carbocycles. The van der Waals surface area contributed by atoms with E-state index < -0.39 is 5.97 Å². The summed E-state index contributed by atoms with van der Waals surface area (Å²) in [5.74, 6) is -0.304. The molecule has 0 spiro atoms. The average Bonchev–Trinajstić information content (AvgIpc) is 2.76. The van der Waals surface area contributed by atoms with Gasteiger partial charge >= 0.3 is 5.97 Å². The molecular formula is C16H23NO2S. The first-order valence-corrected chi connectivity index (χ1v) is 8.10. The number of nitrogens with one attached hydrogen (secondary N) is 1. The maximum Gasteiger partial charge on any atom is 0.338 e. The molecular weight excluding hydrogens is 270 g/mol. The van der Waals surface area contributed by atoms with Crippen molar-refractivity contribution in [2.45, 2.75) is 32.6 Å². The highest BCUT2D eigenvalue weighted by atomic mass is 32.2. The Labute approximate surface area is 125 Å². The van der Waals surface area contributed by atoms with E-state index >= 15 is 0 Å². The number of hydrogen-bond acceptors (Lipinski definition) is 3. The number of benzene rings is 1. The van der Waals surface area contributed by atoms with Crippen LogP contribution in [0.5, 0.6) is 0 Å². The Bertz CT molecular complexity index is 523. The minimum Gasteiger partial charge on any atom is -0.478 e. The van der Waals surface area contributed by atoms with Crippen LogP contribution in [0.25, 0.3) is 0 Å². The van der Waals surface area contributed by atoms with E-state index in [-0.39, 0.29) is 0 Å². The first-order chi connectivity index (χ1) is 9.23. The summed E-state index contributed by atoms with van der Waals surface area (Å²) in [5.41, 5.74) is 1.72. The number of carboxylic acids is 1. The Balaban J connectivity index is 2.17. The van der Waals surface area contributed by atoms with Gasteiger partial charge in [0.1, 0.15) is 0 Å². The highest BCUT2D eigenvalue weighted by Gasteiger charge is 2.64. The Morgan fingerprint density at radius 2 is 1.90 bits per heavy atom. The third kappa shape index (κ3) is 2.30. The monoisotopic (exact) mass is 293 g/mol. The van der Waals surface area contributed by atoms with Gasteiger partial charge in [-0.05, 0) is 35.1 Å². The molecule has 1 aliphatic rings. The fraction of sp³-hybridized carbons (Fsp3) is 0.562. The van der Waals surface area contributed by atoms with E-state index in [0.717, 1.165) is 17.1 Å². The topological polar surface area (TPSA) is 49.3 Å². The summed E-state index contributed by atoms with van der Waals surface area (Å²) in [7, 11) is 0. The normalized spacial score (nSPS) is 19.6. The van der Waals surface area contributed by atoms with Crippen LogP contribution >= 0.6 is 11.8 Å². The van der Waals surface area contributed by atoms with Crippen molar-refractivity contribution in [3.63, 3.8) is 0 Å². The molecule has 1 aromatic rings. The molecule has 3 nitrogen and oxygen atoms in total. The van der Waals surface area contributed by atoms with Crippen molar-refractivity contribution in [1.29, 1.82) is 0 Å². The van der Waals surface area contributed by atoms with Crippen LogP contribution in [0.4, 0.5) is 5.69 Å². The Morgan fingerprint density at radius 1 is 1.30 bits per heavy atom. The molecule has 2 rings (SSSR count).